The number of rotatable bonds is 15. The molecule has 4 saturated heterocycles. The van der Waals surface area contributed by atoms with Gasteiger partial charge < -0.3 is 38.1 Å². The maximum Gasteiger partial charge on any atom is 0.310 e. The minimum atomic E-state index is -1.39. The lowest BCUT2D eigenvalue weighted by Gasteiger charge is -2.55. The van der Waals surface area contributed by atoms with Crippen molar-refractivity contribution in [1.29, 1.82) is 0 Å². The number of fused-ring (bicyclic) bond motifs is 4. The van der Waals surface area contributed by atoms with Crippen molar-refractivity contribution in [2.45, 2.75) is 122 Å². The SMILES string of the molecule is CC(=O)Oc1ccc(CC[N+]2(C)C3CCC2CC(C(CC(=O)O)(C(=O)O)C2CC4CCC(C2)[N+]4(C)CCc2ccc(OC(C)=O)c(OC(C)=O)c2)C3)cc1OC(C)=O. The first kappa shape index (κ1) is 42.8. The Kier molecular flexibility index (Phi) is 12.4. The number of carboxylic acid groups (broad SMARTS) is 2. The van der Waals surface area contributed by atoms with Gasteiger partial charge in [0.15, 0.2) is 23.0 Å². The first-order chi connectivity index (χ1) is 27.3. The van der Waals surface area contributed by atoms with Crippen LogP contribution in [-0.4, -0.2) is 106 Å². The van der Waals surface area contributed by atoms with Gasteiger partial charge in [-0.25, -0.2) is 0 Å². The second-order valence-electron chi connectivity index (χ2n) is 17.6. The van der Waals surface area contributed by atoms with Crippen LogP contribution >= 0.6 is 0 Å². The van der Waals surface area contributed by atoms with E-state index in [1.807, 2.05) is 12.1 Å². The van der Waals surface area contributed by atoms with Crippen molar-refractivity contribution in [3.8, 4) is 23.0 Å². The van der Waals surface area contributed by atoms with E-state index in [9.17, 15) is 39.0 Å². The minimum Gasteiger partial charge on any atom is -0.481 e. The molecule has 0 aromatic heterocycles. The molecule has 2 N–H and O–H groups in total. The molecule has 4 bridgehead atoms. The molecule has 2 aromatic rings. The van der Waals surface area contributed by atoms with Gasteiger partial charge >= 0.3 is 35.8 Å². The maximum absolute atomic E-state index is 13.8. The first-order valence-electron chi connectivity index (χ1n) is 20.5. The van der Waals surface area contributed by atoms with Gasteiger partial charge in [-0.2, -0.15) is 0 Å². The van der Waals surface area contributed by atoms with E-state index < -0.39 is 47.7 Å². The number of carbonyl (C=O) groups is 6. The predicted molar refractivity (Wildman–Crippen MR) is 209 cm³/mol. The zero-order chi connectivity index (χ0) is 42.2. The summed E-state index contributed by atoms with van der Waals surface area (Å²) < 4.78 is 22.8. The summed E-state index contributed by atoms with van der Waals surface area (Å²) in [6.07, 6.45) is 7.25. The maximum atomic E-state index is 13.8. The Morgan fingerprint density at radius 3 is 1.19 bits per heavy atom. The molecule has 14 heteroatoms. The van der Waals surface area contributed by atoms with Crippen molar-refractivity contribution in [1.82, 2.24) is 0 Å². The zero-order valence-electron chi connectivity index (χ0n) is 34.5. The van der Waals surface area contributed by atoms with E-state index in [1.54, 1.807) is 24.3 Å². The molecule has 4 fully saturated rings. The summed E-state index contributed by atoms with van der Waals surface area (Å²) >= 11 is 0. The fraction of sp³-hybridized carbons (Fsp3) is 0.591. The average molecular weight is 807 g/mol. The smallest absolute Gasteiger partial charge is 0.310 e. The van der Waals surface area contributed by atoms with Crippen LogP contribution in [-0.2, 0) is 41.6 Å². The molecule has 4 unspecified atom stereocenters. The normalized spacial score (nSPS) is 29.5. The number of carboxylic acids is 2. The standard InChI is InChI=1S/C44H56N2O12/c1-26(47)55-38-13-7-30(19-40(38)57-28(3)49)15-17-45(5)34-9-10-35(45)22-32(21-34)44(43(53)54,25-42(51)52)33-23-36-11-12-37(24-33)46(36,6)18-16-31-8-14-39(56-27(2)48)41(20-31)58-29(4)50/h7-8,13-14,19-20,32-37H,9-12,15-18,21-25H2,1-6H3/p+2. The van der Waals surface area contributed by atoms with E-state index in [2.05, 4.69) is 14.1 Å². The van der Waals surface area contributed by atoms with Gasteiger partial charge in [-0.15, -0.1) is 0 Å². The molecule has 0 saturated carbocycles. The van der Waals surface area contributed by atoms with Crippen LogP contribution in [0.25, 0.3) is 0 Å². The summed E-state index contributed by atoms with van der Waals surface area (Å²) in [5.41, 5.74) is 0.448. The first-order valence-corrected chi connectivity index (χ1v) is 20.5. The lowest BCUT2D eigenvalue weighted by atomic mass is 9.57. The zero-order valence-corrected chi connectivity index (χ0v) is 34.5. The highest BCUT2D eigenvalue weighted by Gasteiger charge is 2.64. The number of nitrogens with zero attached hydrogens (tertiary/aromatic N) is 2. The summed E-state index contributed by atoms with van der Waals surface area (Å²) in [4.78, 5) is 73.4. The third kappa shape index (κ3) is 8.63. The number of ether oxygens (including phenoxy) is 4. The van der Waals surface area contributed by atoms with E-state index in [0.717, 1.165) is 58.9 Å². The Morgan fingerprint density at radius 2 is 0.897 bits per heavy atom. The lowest BCUT2D eigenvalue weighted by molar-refractivity contribution is -0.951. The van der Waals surface area contributed by atoms with Crippen molar-refractivity contribution in [2.24, 2.45) is 17.3 Å². The number of quaternary nitrogens is 2. The average Bonchev–Trinajstić information content (AvgIpc) is 3.36. The quantitative estimate of drug-likeness (QED) is 0.132. The molecule has 4 aliphatic heterocycles. The molecule has 6 rings (SSSR count). The highest BCUT2D eigenvalue weighted by Crippen LogP contribution is 2.58. The highest BCUT2D eigenvalue weighted by atomic mass is 16.6. The van der Waals surface area contributed by atoms with Gasteiger partial charge in [-0.05, 0) is 47.2 Å². The van der Waals surface area contributed by atoms with Crippen molar-refractivity contribution in [2.75, 3.05) is 27.2 Å². The lowest BCUT2D eigenvalue weighted by Crippen LogP contribution is -2.64. The van der Waals surface area contributed by atoms with Crippen LogP contribution < -0.4 is 18.9 Å². The topological polar surface area (TPSA) is 180 Å². The number of carbonyl (C=O) groups excluding carboxylic acids is 4. The molecule has 314 valence electrons. The second kappa shape index (κ2) is 16.8. The molecule has 4 heterocycles. The van der Waals surface area contributed by atoms with Gasteiger partial charge in [0.05, 0.1) is 63.2 Å². The van der Waals surface area contributed by atoms with E-state index in [-0.39, 0.29) is 59.0 Å². The Labute approximate surface area is 339 Å². The molecule has 0 radical (unpaired) electrons. The third-order valence-corrected chi connectivity index (χ3v) is 14.3. The van der Waals surface area contributed by atoms with Crippen LogP contribution in [0.4, 0.5) is 0 Å². The number of hydrogen-bond donors (Lipinski definition) is 2. The minimum absolute atomic E-state index is 0.175. The van der Waals surface area contributed by atoms with Crippen LogP contribution in [0.2, 0.25) is 0 Å². The summed E-state index contributed by atoms with van der Waals surface area (Å²) in [6, 6.07) is 11.2. The van der Waals surface area contributed by atoms with Crippen LogP contribution in [0.15, 0.2) is 36.4 Å². The molecule has 58 heavy (non-hydrogen) atoms. The Balaban J connectivity index is 1.18. The number of aliphatic carboxylic acids is 2. The Morgan fingerprint density at radius 1 is 0.569 bits per heavy atom. The van der Waals surface area contributed by atoms with Crippen LogP contribution in [0.1, 0.15) is 96.6 Å². The van der Waals surface area contributed by atoms with E-state index in [0.29, 0.717) is 38.5 Å². The predicted octanol–water partition coefficient (Wildman–Crippen LogP) is 5.49. The highest BCUT2D eigenvalue weighted by molar-refractivity contribution is 5.82. The molecular formula is C44H58N2O12+2. The van der Waals surface area contributed by atoms with Crippen LogP contribution in [0, 0.1) is 17.3 Å². The largest absolute Gasteiger partial charge is 0.481 e. The second-order valence-corrected chi connectivity index (χ2v) is 17.6. The van der Waals surface area contributed by atoms with Crippen LogP contribution in [0.5, 0.6) is 23.0 Å². The molecule has 2 aromatic carbocycles. The van der Waals surface area contributed by atoms with E-state index in [1.165, 1.54) is 27.7 Å². The number of hydrogen-bond acceptors (Lipinski definition) is 10. The van der Waals surface area contributed by atoms with Crippen molar-refractivity contribution in [3.05, 3.63) is 47.5 Å². The third-order valence-electron chi connectivity index (χ3n) is 14.3. The Bertz CT molecular complexity index is 1810. The fourth-order valence-corrected chi connectivity index (χ4v) is 11.5. The number of likely N-dealkylation sites (N-methyl/N-ethyl adjacent to an activating group) is 2. The summed E-state index contributed by atoms with van der Waals surface area (Å²) in [6.45, 7) is 6.68. The molecule has 0 aliphatic carbocycles. The van der Waals surface area contributed by atoms with Gasteiger partial charge in [0, 0.05) is 91.9 Å². The fourth-order valence-electron chi connectivity index (χ4n) is 11.5. The van der Waals surface area contributed by atoms with Crippen molar-refractivity contribution >= 4 is 35.8 Å². The molecule has 0 spiro atoms. The summed E-state index contributed by atoms with van der Waals surface area (Å²) in [5.74, 6) is -4.00. The van der Waals surface area contributed by atoms with Gasteiger partial charge in [0.1, 0.15) is 0 Å². The number of piperidine rings is 2. The Hall–Kier alpha value is -4.82. The summed E-state index contributed by atoms with van der Waals surface area (Å²) in [5, 5.41) is 21.6. The monoisotopic (exact) mass is 806 g/mol. The van der Waals surface area contributed by atoms with Crippen LogP contribution in [0.3, 0.4) is 0 Å². The molecule has 4 aliphatic rings. The van der Waals surface area contributed by atoms with Gasteiger partial charge in [-0.1, -0.05) is 12.1 Å². The summed E-state index contributed by atoms with van der Waals surface area (Å²) in [7, 11) is 4.47. The van der Waals surface area contributed by atoms with Crippen molar-refractivity contribution < 1.29 is 66.9 Å². The van der Waals surface area contributed by atoms with Gasteiger partial charge in [0.2, 0.25) is 0 Å². The van der Waals surface area contributed by atoms with E-state index in [4.69, 9.17) is 18.9 Å². The molecule has 4 atom stereocenters. The van der Waals surface area contributed by atoms with Gasteiger partial charge in [-0.3, -0.25) is 28.8 Å². The number of esters is 4. The molecule has 14 nitrogen and oxygen atoms in total. The number of benzene rings is 2. The van der Waals surface area contributed by atoms with Gasteiger partial charge in [0.25, 0.3) is 0 Å². The van der Waals surface area contributed by atoms with Crippen molar-refractivity contribution in [3.63, 3.8) is 0 Å². The molecule has 0 amide bonds. The van der Waals surface area contributed by atoms with E-state index >= 15 is 0 Å². The molecular weight excluding hydrogens is 748 g/mol.